The van der Waals surface area contributed by atoms with Crippen molar-refractivity contribution in [2.45, 2.75) is 32.1 Å². The highest BCUT2D eigenvalue weighted by atomic mass is 16.1. The van der Waals surface area contributed by atoms with Crippen LogP contribution >= 0.6 is 0 Å². The predicted molar refractivity (Wildman–Crippen MR) is 85.7 cm³/mol. The first-order valence-electron chi connectivity index (χ1n) is 8.16. The van der Waals surface area contributed by atoms with Crippen LogP contribution in [0.3, 0.4) is 0 Å². The first kappa shape index (κ1) is 13.6. The Hall–Kier alpha value is -2.10. The zero-order valence-electron chi connectivity index (χ0n) is 12.6. The SMILES string of the molecule is O=C(CC1CC2CCC1C2)Nc1ccc(-n2ccnc2)cc1. The molecule has 4 nitrogen and oxygen atoms in total. The van der Waals surface area contributed by atoms with E-state index in [1.54, 1.807) is 12.5 Å². The van der Waals surface area contributed by atoms with Crippen LogP contribution in [0, 0.1) is 17.8 Å². The second-order valence-electron chi connectivity index (χ2n) is 6.70. The van der Waals surface area contributed by atoms with E-state index in [-0.39, 0.29) is 5.91 Å². The molecule has 2 bridgehead atoms. The van der Waals surface area contributed by atoms with E-state index in [1.807, 2.05) is 35.0 Å². The fourth-order valence-electron chi connectivity index (χ4n) is 4.21. The minimum absolute atomic E-state index is 0.160. The third kappa shape index (κ3) is 2.65. The Morgan fingerprint density at radius 1 is 1.23 bits per heavy atom. The molecule has 2 aromatic rings. The van der Waals surface area contributed by atoms with E-state index in [1.165, 1.54) is 25.7 Å². The van der Waals surface area contributed by atoms with Gasteiger partial charge in [0, 0.05) is 30.2 Å². The second kappa shape index (κ2) is 5.59. The standard InChI is InChI=1S/C18H21N3O/c22-18(11-15-10-13-1-2-14(15)9-13)20-16-3-5-17(6-4-16)21-8-7-19-12-21/h3-8,12-15H,1-2,9-11H2,(H,20,22). The summed E-state index contributed by atoms with van der Waals surface area (Å²) in [6.45, 7) is 0. The van der Waals surface area contributed by atoms with Gasteiger partial charge in [-0.15, -0.1) is 0 Å². The van der Waals surface area contributed by atoms with Crippen molar-refractivity contribution in [3.63, 3.8) is 0 Å². The first-order valence-corrected chi connectivity index (χ1v) is 8.16. The summed E-state index contributed by atoms with van der Waals surface area (Å²) in [6, 6.07) is 7.89. The van der Waals surface area contributed by atoms with Gasteiger partial charge >= 0.3 is 0 Å². The molecular formula is C18H21N3O. The molecule has 0 radical (unpaired) electrons. The maximum atomic E-state index is 12.2. The maximum Gasteiger partial charge on any atom is 0.224 e. The molecular weight excluding hydrogens is 274 g/mol. The van der Waals surface area contributed by atoms with E-state index in [4.69, 9.17) is 0 Å². The lowest BCUT2D eigenvalue weighted by molar-refractivity contribution is -0.117. The van der Waals surface area contributed by atoms with Crippen molar-refractivity contribution < 1.29 is 4.79 Å². The number of carbonyl (C=O) groups is 1. The van der Waals surface area contributed by atoms with E-state index in [0.717, 1.165) is 23.2 Å². The quantitative estimate of drug-likeness (QED) is 0.936. The number of anilines is 1. The van der Waals surface area contributed by atoms with Gasteiger partial charge in [0.1, 0.15) is 0 Å². The van der Waals surface area contributed by atoms with E-state index < -0.39 is 0 Å². The van der Waals surface area contributed by atoms with Crippen molar-refractivity contribution in [1.29, 1.82) is 0 Å². The molecule has 114 valence electrons. The third-order valence-corrected chi connectivity index (χ3v) is 5.29. The largest absolute Gasteiger partial charge is 0.326 e. The Morgan fingerprint density at radius 3 is 2.73 bits per heavy atom. The van der Waals surface area contributed by atoms with E-state index >= 15 is 0 Å². The zero-order valence-corrected chi connectivity index (χ0v) is 12.6. The van der Waals surface area contributed by atoms with Crippen molar-refractivity contribution in [3.8, 4) is 5.69 Å². The van der Waals surface area contributed by atoms with Gasteiger partial charge < -0.3 is 9.88 Å². The van der Waals surface area contributed by atoms with Gasteiger partial charge in [-0.1, -0.05) is 6.42 Å². The monoisotopic (exact) mass is 295 g/mol. The summed E-state index contributed by atoms with van der Waals surface area (Å²) in [5, 5.41) is 3.04. The molecule has 0 spiro atoms. The highest BCUT2D eigenvalue weighted by molar-refractivity contribution is 5.91. The van der Waals surface area contributed by atoms with Crippen LogP contribution in [-0.4, -0.2) is 15.5 Å². The Bertz CT molecular complexity index is 647. The Kier molecular flexibility index (Phi) is 3.45. The highest BCUT2D eigenvalue weighted by Gasteiger charge is 2.40. The number of aromatic nitrogens is 2. The van der Waals surface area contributed by atoms with Gasteiger partial charge in [0.05, 0.1) is 6.33 Å². The summed E-state index contributed by atoms with van der Waals surface area (Å²) in [6.07, 6.45) is 11.5. The number of benzene rings is 1. The lowest BCUT2D eigenvalue weighted by atomic mass is 9.86. The number of nitrogens with one attached hydrogen (secondary N) is 1. The van der Waals surface area contributed by atoms with Crippen molar-refractivity contribution in [1.82, 2.24) is 9.55 Å². The number of fused-ring (bicyclic) bond motifs is 2. The number of rotatable bonds is 4. The Morgan fingerprint density at radius 2 is 2.09 bits per heavy atom. The van der Waals surface area contributed by atoms with Crippen LogP contribution in [0.1, 0.15) is 32.1 Å². The topological polar surface area (TPSA) is 46.9 Å². The van der Waals surface area contributed by atoms with Crippen LogP contribution in [0.2, 0.25) is 0 Å². The van der Waals surface area contributed by atoms with Crippen molar-refractivity contribution in [2.24, 2.45) is 17.8 Å². The summed E-state index contributed by atoms with van der Waals surface area (Å²) in [5.74, 6) is 2.48. The van der Waals surface area contributed by atoms with Crippen LogP contribution in [0.15, 0.2) is 43.0 Å². The predicted octanol–water partition coefficient (Wildman–Crippen LogP) is 3.64. The molecule has 3 unspecified atom stereocenters. The zero-order chi connectivity index (χ0) is 14.9. The van der Waals surface area contributed by atoms with Crippen LogP contribution in [0.4, 0.5) is 5.69 Å². The van der Waals surface area contributed by atoms with Crippen LogP contribution in [0.25, 0.3) is 5.69 Å². The smallest absolute Gasteiger partial charge is 0.224 e. The van der Waals surface area contributed by atoms with Crippen LogP contribution in [-0.2, 0) is 4.79 Å². The Balaban J connectivity index is 1.35. The van der Waals surface area contributed by atoms with Gasteiger partial charge in [0.2, 0.25) is 5.91 Å². The van der Waals surface area contributed by atoms with E-state index in [9.17, 15) is 4.79 Å². The summed E-state index contributed by atoms with van der Waals surface area (Å²) >= 11 is 0. The third-order valence-electron chi connectivity index (χ3n) is 5.29. The lowest BCUT2D eigenvalue weighted by Gasteiger charge is -2.20. The van der Waals surface area contributed by atoms with Gasteiger partial charge in [-0.3, -0.25) is 4.79 Å². The summed E-state index contributed by atoms with van der Waals surface area (Å²) in [5.41, 5.74) is 1.92. The molecule has 2 fully saturated rings. The molecule has 0 aliphatic heterocycles. The molecule has 4 heteroatoms. The minimum Gasteiger partial charge on any atom is -0.326 e. The molecule has 1 N–H and O–H groups in total. The number of hydrogen-bond donors (Lipinski definition) is 1. The average molecular weight is 295 g/mol. The number of amides is 1. The highest BCUT2D eigenvalue weighted by Crippen LogP contribution is 2.49. The van der Waals surface area contributed by atoms with E-state index in [2.05, 4.69) is 10.3 Å². The van der Waals surface area contributed by atoms with Gasteiger partial charge in [-0.2, -0.15) is 0 Å². The fourth-order valence-corrected chi connectivity index (χ4v) is 4.21. The molecule has 2 aliphatic carbocycles. The van der Waals surface area contributed by atoms with Gasteiger partial charge in [-0.05, 0) is 61.3 Å². The van der Waals surface area contributed by atoms with Crippen molar-refractivity contribution in [2.75, 3.05) is 5.32 Å². The molecule has 3 atom stereocenters. The van der Waals surface area contributed by atoms with Gasteiger partial charge in [-0.25, -0.2) is 4.98 Å². The summed E-state index contributed by atoms with van der Waals surface area (Å²) in [7, 11) is 0. The Labute approximate surface area is 130 Å². The molecule has 2 aliphatic rings. The van der Waals surface area contributed by atoms with Gasteiger partial charge in [0.15, 0.2) is 0 Å². The maximum absolute atomic E-state index is 12.2. The number of hydrogen-bond acceptors (Lipinski definition) is 2. The first-order chi connectivity index (χ1) is 10.8. The molecule has 1 heterocycles. The minimum atomic E-state index is 0.160. The molecule has 1 amide bonds. The van der Waals surface area contributed by atoms with Crippen LogP contribution < -0.4 is 5.32 Å². The number of nitrogens with zero attached hydrogens (tertiary/aromatic N) is 2. The van der Waals surface area contributed by atoms with E-state index in [0.29, 0.717) is 12.3 Å². The molecule has 22 heavy (non-hydrogen) atoms. The molecule has 1 aromatic heterocycles. The second-order valence-corrected chi connectivity index (χ2v) is 6.70. The summed E-state index contributed by atoms with van der Waals surface area (Å²) in [4.78, 5) is 16.3. The number of carbonyl (C=O) groups excluding carboxylic acids is 1. The molecule has 0 saturated heterocycles. The fraction of sp³-hybridized carbons (Fsp3) is 0.444. The number of imidazole rings is 1. The van der Waals surface area contributed by atoms with Crippen molar-refractivity contribution >= 4 is 11.6 Å². The molecule has 2 saturated carbocycles. The lowest BCUT2D eigenvalue weighted by Crippen LogP contribution is -2.20. The van der Waals surface area contributed by atoms with Crippen LogP contribution in [0.5, 0.6) is 0 Å². The molecule has 1 aromatic carbocycles. The average Bonchev–Trinajstić information content (AvgIpc) is 3.25. The van der Waals surface area contributed by atoms with Crippen molar-refractivity contribution in [3.05, 3.63) is 43.0 Å². The normalized spacial score (nSPS) is 26.3. The molecule has 4 rings (SSSR count). The van der Waals surface area contributed by atoms with Gasteiger partial charge in [0.25, 0.3) is 0 Å². The summed E-state index contributed by atoms with van der Waals surface area (Å²) < 4.78 is 1.95.